The lowest BCUT2D eigenvalue weighted by atomic mass is 10.1. The maximum Gasteiger partial charge on any atom is 0.296 e. The molecule has 5 rings (SSSR count). The quantitative estimate of drug-likeness (QED) is 0.366. The van der Waals surface area contributed by atoms with Crippen LogP contribution < -0.4 is 15.2 Å². The molecule has 4 aromatic rings. The molecule has 9 nitrogen and oxygen atoms in total. The van der Waals surface area contributed by atoms with Crippen LogP contribution in [0.3, 0.4) is 0 Å². The van der Waals surface area contributed by atoms with Crippen LogP contribution in [0.25, 0.3) is 22.2 Å². The van der Waals surface area contributed by atoms with Gasteiger partial charge in [0.2, 0.25) is 5.91 Å². The molecule has 0 spiro atoms. The monoisotopic (exact) mass is 515 g/mol. The van der Waals surface area contributed by atoms with Crippen molar-refractivity contribution in [2.45, 2.75) is 40.2 Å². The van der Waals surface area contributed by atoms with Gasteiger partial charge in [0.15, 0.2) is 5.52 Å². The van der Waals surface area contributed by atoms with E-state index in [4.69, 9.17) is 9.26 Å². The smallest absolute Gasteiger partial charge is 0.296 e. The SMILES string of the molecule is COc1ccc(-c2nn(CCCC(=O)N3CCN(c4cccc(C)c4C)CC3)c(=O)c3noc(C)c23)cc1. The summed E-state index contributed by atoms with van der Waals surface area (Å²) in [5, 5.41) is 9.27. The normalized spacial score (nSPS) is 13.8. The minimum absolute atomic E-state index is 0.104. The molecule has 0 saturated carbocycles. The Morgan fingerprint density at radius 1 is 1.03 bits per heavy atom. The summed E-state index contributed by atoms with van der Waals surface area (Å²) in [5.74, 6) is 1.37. The molecule has 9 heteroatoms. The minimum atomic E-state index is -0.316. The molecule has 0 bridgehead atoms. The number of piperazine rings is 1. The van der Waals surface area contributed by atoms with E-state index in [0.717, 1.165) is 24.4 Å². The highest BCUT2D eigenvalue weighted by Crippen LogP contribution is 2.29. The molecule has 0 unspecified atom stereocenters. The molecule has 3 heterocycles. The summed E-state index contributed by atoms with van der Waals surface area (Å²) in [7, 11) is 1.61. The lowest BCUT2D eigenvalue weighted by Crippen LogP contribution is -2.49. The highest BCUT2D eigenvalue weighted by Gasteiger charge is 2.23. The zero-order chi connectivity index (χ0) is 26.8. The van der Waals surface area contributed by atoms with E-state index in [1.165, 1.54) is 21.5 Å². The van der Waals surface area contributed by atoms with E-state index in [9.17, 15) is 9.59 Å². The molecular weight excluding hydrogens is 482 g/mol. The molecule has 38 heavy (non-hydrogen) atoms. The molecule has 198 valence electrons. The standard InChI is InChI=1S/C29H33N5O4/c1-19-7-5-8-24(20(19)2)32-15-17-33(18-16-32)25(35)9-6-14-34-29(36)28-26(21(3)38-31-28)27(30-34)22-10-12-23(37-4)13-11-22/h5,7-8,10-13H,6,9,14-18H2,1-4H3. The molecule has 1 aliphatic heterocycles. The average Bonchev–Trinajstić information content (AvgIpc) is 3.33. The number of fused-ring (bicyclic) bond motifs is 1. The first-order valence-corrected chi connectivity index (χ1v) is 13.0. The third-order valence-electron chi connectivity index (χ3n) is 7.43. The van der Waals surface area contributed by atoms with E-state index < -0.39 is 0 Å². The molecule has 1 aliphatic rings. The number of carbonyl (C=O) groups excluding carboxylic acids is 1. The highest BCUT2D eigenvalue weighted by atomic mass is 16.5. The van der Waals surface area contributed by atoms with Gasteiger partial charge in [-0.1, -0.05) is 17.3 Å². The number of ether oxygens (including phenoxy) is 1. The second-order valence-corrected chi connectivity index (χ2v) is 9.76. The maximum atomic E-state index is 13.1. The van der Waals surface area contributed by atoms with Crippen LogP contribution in [0.4, 0.5) is 5.69 Å². The third kappa shape index (κ3) is 4.88. The second-order valence-electron chi connectivity index (χ2n) is 9.76. The fraction of sp³-hybridized carbons (Fsp3) is 0.379. The van der Waals surface area contributed by atoms with Crippen molar-refractivity contribution in [3.63, 3.8) is 0 Å². The van der Waals surface area contributed by atoms with Crippen molar-refractivity contribution in [1.82, 2.24) is 19.8 Å². The van der Waals surface area contributed by atoms with E-state index in [-0.39, 0.29) is 17.0 Å². The number of hydrogen-bond donors (Lipinski definition) is 0. The van der Waals surface area contributed by atoms with Gasteiger partial charge in [-0.3, -0.25) is 9.59 Å². The van der Waals surface area contributed by atoms with Crippen molar-refractivity contribution in [1.29, 1.82) is 0 Å². The molecule has 2 aromatic carbocycles. The molecule has 0 atom stereocenters. The molecule has 1 fully saturated rings. The Hall–Kier alpha value is -4.14. The summed E-state index contributed by atoms with van der Waals surface area (Å²) in [6, 6.07) is 13.8. The summed E-state index contributed by atoms with van der Waals surface area (Å²) < 4.78 is 12.0. The number of aromatic nitrogens is 3. The summed E-state index contributed by atoms with van der Waals surface area (Å²) >= 11 is 0. The summed E-state index contributed by atoms with van der Waals surface area (Å²) in [6.07, 6.45) is 0.860. The molecule has 1 saturated heterocycles. The van der Waals surface area contributed by atoms with Gasteiger partial charge >= 0.3 is 0 Å². The fourth-order valence-electron chi connectivity index (χ4n) is 5.05. The first kappa shape index (κ1) is 25.5. The Morgan fingerprint density at radius 2 is 1.76 bits per heavy atom. The van der Waals surface area contributed by atoms with Gasteiger partial charge in [-0.25, -0.2) is 4.68 Å². The number of benzene rings is 2. The van der Waals surface area contributed by atoms with E-state index in [1.807, 2.05) is 29.2 Å². The number of nitrogens with zero attached hydrogens (tertiary/aromatic N) is 5. The molecule has 0 N–H and O–H groups in total. The molecular formula is C29H33N5O4. The summed E-state index contributed by atoms with van der Waals surface area (Å²) in [6.45, 7) is 9.36. The van der Waals surface area contributed by atoms with E-state index in [2.05, 4.69) is 47.2 Å². The van der Waals surface area contributed by atoms with Gasteiger partial charge in [0.25, 0.3) is 5.56 Å². The van der Waals surface area contributed by atoms with Gasteiger partial charge in [-0.05, 0) is 68.7 Å². The highest BCUT2D eigenvalue weighted by molar-refractivity contribution is 5.93. The number of anilines is 1. The largest absolute Gasteiger partial charge is 0.497 e. The first-order valence-electron chi connectivity index (χ1n) is 13.0. The Kier molecular flexibility index (Phi) is 7.18. The average molecular weight is 516 g/mol. The van der Waals surface area contributed by atoms with Crippen molar-refractivity contribution >= 4 is 22.5 Å². The first-order chi connectivity index (χ1) is 18.4. The van der Waals surface area contributed by atoms with Crippen LogP contribution in [0.2, 0.25) is 0 Å². The van der Waals surface area contributed by atoms with Crippen molar-refractivity contribution in [3.8, 4) is 17.0 Å². The Balaban J connectivity index is 1.25. The number of carbonyl (C=O) groups is 1. The van der Waals surface area contributed by atoms with Gasteiger partial charge in [0, 0.05) is 50.4 Å². The van der Waals surface area contributed by atoms with Crippen LogP contribution in [-0.2, 0) is 11.3 Å². The Morgan fingerprint density at radius 3 is 2.47 bits per heavy atom. The van der Waals surface area contributed by atoms with Crippen LogP contribution in [0, 0.1) is 20.8 Å². The number of hydrogen-bond acceptors (Lipinski definition) is 7. The van der Waals surface area contributed by atoms with Crippen LogP contribution in [-0.4, -0.2) is 59.0 Å². The van der Waals surface area contributed by atoms with Crippen LogP contribution in [0.5, 0.6) is 5.75 Å². The zero-order valence-electron chi connectivity index (χ0n) is 22.4. The number of aryl methyl sites for hydroxylation is 3. The van der Waals surface area contributed by atoms with Gasteiger partial charge in [0.05, 0.1) is 12.5 Å². The minimum Gasteiger partial charge on any atom is -0.497 e. The van der Waals surface area contributed by atoms with Gasteiger partial charge in [0.1, 0.15) is 17.2 Å². The van der Waals surface area contributed by atoms with E-state index in [0.29, 0.717) is 49.3 Å². The number of rotatable bonds is 7. The second kappa shape index (κ2) is 10.7. The zero-order valence-corrected chi connectivity index (χ0v) is 22.4. The lowest BCUT2D eigenvalue weighted by Gasteiger charge is -2.37. The predicted octanol–water partition coefficient (Wildman–Crippen LogP) is 4.11. The Bertz CT molecular complexity index is 1510. The third-order valence-corrected chi connectivity index (χ3v) is 7.43. The fourth-order valence-corrected chi connectivity index (χ4v) is 5.05. The molecule has 1 amide bonds. The molecule has 0 radical (unpaired) electrons. The summed E-state index contributed by atoms with van der Waals surface area (Å²) in [5.41, 5.74) is 5.19. The van der Waals surface area contributed by atoms with Crippen LogP contribution in [0.1, 0.15) is 29.7 Å². The van der Waals surface area contributed by atoms with Crippen molar-refractivity contribution in [3.05, 3.63) is 69.7 Å². The Labute approximate surface area is 221 Å². The van der Waals surface area contributed by atoms with Crippen molar-refractivity contribution in [2.75, 3.05) is 38.2 Å². The molecule has 0 aliphatic carbocycles. The predicted molar refractivity (Wildman–Crippen MR) is 147 cm³/mol. The summed E-state index contributed by atoms with van der Waals surface area (Å²) in [4.78, 5) is 30.3. The lowest BCUT2D eigenvalue weighted by molar-refractivity contribution is -0.131. The molecule has 2 aromatic heterocycles. The number of methoxy groups -OCH3 is 1. The van der Waals surface area contributed by atoms with Crippen molar-refractivity contribution in [2.24, 2.45) is 0 Å². The van der Waals surface area contributed by atoms with Gasteiger partial charge in [-0.2, -0.15) is 5.10 Å². The van der Waals surface area contributed by atoms with Crippen molar-refractivity contribution < 1.29 is 14.1 Å². The number of amides is 1. The topological polar surface area (TPSA) is 93.7 Å². The van der Waals surface area contributed by atoms with E-state index in [1.54, 1.807) is 14.0 Å². The maximum absolute atomic E-state index is 13.1. The van der Waals surface area contributed by atoms with Gasteiger partial charge in [-0.15, -0.1) is 0 Å². The van der Waals surface area contributed by atoms with Gasteiger partial charge < -0.3 is 19.1 Å². The van der Waals surface area contributed by atoms with Crippen LogP contribution in [0.15, 0.2) is 51.8 Å². The van der Waals surface area contributed by atoms with E-state index >= 15 is 0 Å². The van der Waals surface area contributed by atoms with Crippen LogP contribution >= 0.6 is 0 Å².